The topological polar surface area (TPSA) is 42.2 Å². The lowest BCUT2D eigenvalue weighted by Gasteiger charge is -2.21. The maximum Gasteiger partial charge on any atom is 0.147 e. The molecule has 0 unspecified atom stereocenters. The third kappa shape index (κ3) is 2.32. The summed E-state index contributed by atoms with van der Waals surface area (Å²) in [6.07, 6.45) is 1.22. The van der Waals surface area contributed by atoms with Crippen LogP contribution in [0.15, 0.2) is 30.3 Å². The van der Waals surface area contributed by atoms with Gasteiger partial charge in [-0.15, -0.1) is 0 Å². The molecule has 1 aromatic heterocycles. The number of aromatic nitrogens is 1. The summed E-state index contributed by atoms with van der Waals surface area (Å²) >= 11 is 1.52. The van der Waals surface area contributed by atoms with E-state index in [1.807, 2.05) is 18.2 Å². The Morgan fingerprint density at radius 1 is 1.26 bits per heavy atom. The standard InChI is InChI=1S/C15H19N3S/c1-15(2)8-9-18(10-15)14-12(13(16)17-19-14)11-6-4-3-5-7-11/h3-7H,8-10H2,1-2H3,(H2,16,17). The van der Waals surface area contributed by atoms with Gasteiger partial charge in [0.15, 0.2) is 0 Å². The van der Waals surface area contributed by atoms with E-state index < -0.39 is 0 Å². The molecule has 1 saturated heterocycles. The van der Waals surface area contributed by atoms with E-state index in [1.54, 1.807) is 0 Å². The van der Waals surface area contributed by atoms with Crippen LogP contribution in [0.5, 0.6) is 0 Å². The number of hydrogen-bond acceptors (Lipinski definition) is 4. The molecule has 0 aliphatic carbocycles. The molecule has 100 valence electrons. The van der Waals surface area contributed by atoms with E-state index >= 15 is 0 Å². The van der Waals surface area contributed by atoms with Crippen LogP contribution in [-0.4, -0.2) is 17.5 Å². The minimum absolute atomic E-state index is 0.382. The molecular weight excluding hydrogens is 254 g/mol. The third-order valence-corrected chi connectivity index (χ3v) is 4.65. The van der Waals surface area contributed by atoms with Gasteiger partial charge in [-0.25, -0.2) is 0 Å². The predicted octanol–water partition coefficient (Wildman–Crippen LogP) is 3.63. The van der Waals surface area contributed by atoms with Crippen molar-refractivity contribution in [3.05, 3.63) is 30.3 Å². The maximum absolute atomic E-state index is 6.08. The Morgan fingerprint density at radius 2 is 2.00 bits per heavy atom. The molecule has 0 atom stereocenters. The van der Waals surface area contributed by atoms with E-state index in [0.29, 0.717) is 11.2 Å². The van der Waals surface area contributed by atoms with Crippen molar-refractivity contribution >= 4 is 22.4 Å². The quantitative estimate of drug-likeness (QED) is 0.908. The van der Waals surface area contributed by atoms with Gasteiger partial charge in [0.05, 0.1) is 5.56 Å². The Labute approximate surface area is 118 Å². The highest BCUT2D eigenvalue weighted by molar-refractivity contribution is 7.11. The Morgan fingerprint density at radius 3 is 2.63 bits per heavy atom. The molecule has 4 heteroatoms. The zero-order chi connectivity index (χ0) is 13.5. The normalized spacial score (nSPS) is 17.9. The zero-order valence-electron chi connectivity index (χ0n) is 11.4. The van der Waals surface area contributed by atoms with Gasteiger partial charge < -0.3 is 10.6 Å². The first-order chi connectivity index (χ1) is 9.07. The first-order valence-corrected chi connectivity index (χ1v) is 7.40. The van der Waals surface area contributed by atoms with Crippen LogP contribution in [0, 0.1) is 5.41 Å². The molecule has 0 saturated carbocycles. The second-order valence-electron chi connectivity index (χ2n) is 5.95. The highest BCUT2D eigenvalue weighted by Gasteiger charge is 2.32. The molecule has 2 N–H and O–H groups in total. The molecule has 1 aliphatic heterocycles. The smallest absolute Gasteiger partial charge is 0.147 e. The first kappa shape index (κ1) is 12.5. The summed E-state index contributed by atoms with van der Waals surface area (Å²) in [5.41, 5.74) is 8.72. The van der Waals surface area contributed by atoms with Crippen LogP contribution in [0.25, 0.3) is 11.1 Å². The maximum atomic E-state index is 6.08. The summed E-state index contributed by atoms with van der Waals surface area (Å²) in [4.78, 5) is 2.43. The molecule has 3 nitrogen and oxygen atoms in total. The number of nitrogens with zero attached hydrogens (tertiary/aromatic N) is 2. The fourth-order valence-electron chi connectivity index (χ4n) is 2.67. The molecule has 0 amide bonds. The number of hydrogen-bond donors (Lipinski definition) is 1. The van der Waals surface area contributed by atoms with Crippen molar-refractivity contribution in [3.63, 3.8) is 0 Å². The fraction of sp³-hybridized carbons (Fsp3) is 0.400. The van der Waals surface area contributed by atoms with Crippen LogP contribution in [0.1, 0.15) is 20.3 Å². The number of benzene rings is 1. The third-order valence-electron chi connectivity index (χ3n) is 3.73. The highest BCUT2D eigenvalue weighted by Crippen LogP contribution is 2.43. The fourth-order valence-corrected chi connectivity index (χ4v) is 3.53. The monoisotopic (exact) mass is 273 g/mol. The molecular formula is C15H19N3S. The average Bonchev–Trinajstić information content (AvgIpc) is 2.93. The molecule has 0 bridgehead atoms. The van der Waals surface area contributed by atoms with Gasteiger partial charge >= 0.3 is 0 Å². The largest absolute Gasteiger partial charge is 0.382 e. The zero-order valence-corrected chi connectivity index (χ0v) is 12.2. The van der Waals surface area contributed by atoms with Crippen molar-refractivity contribution in [1.82, 2.24) is 4.37 Å². The molecule has 2 aromatic rings. The summed E-state index contributed by atoms with van der Waals surface area (Å²) in [7, 11) is 0. The van der Waals surface area contributed by atoms with Gasteiger partial charge in [0.1, 0.15) is 10.8 Å². The van der Waals surface area contributed by atoms with Gasteiger partial charge in [-0.05, 0) is 28.9 Å². The second-order valence-corrected chi connectivity index (χ2v) is 6.70. The molecule has 2 heterocycles. The first-order valence-electron chi connectivity index (χ1n) is 6.62. The van der Waals surface area contributed by atoms with Crippen molar-refractivity contribution in [2.75, 3.05) is 23.7 Å². The van der Waals surface area contributed by atoms with Gasteiger partial charge in [0, 0.05) is 13.1 Å². The van der Waals surface area contributed by atoms with Crippen molar-refractivity contribution < 1.29 is 0 Å². The van der Waals surface area contributed by atoms with Crippen LogP contribution in [0.3, 0.4) is 0 Å². The molecule has 1 fully saturated rings. The lowest BCUT2D eigenvalue weighted by Crippen LogP contribution is -2.22. The summed E-state index contributed by atoms with van der Waals surface area (Å²) in [6, 6.07) is 10.3. The van der Waals surface area contributed by atoms with Crippen molar-refractivity contribution in [1.29, 1.82) is 0 Å². The van der Waals surface area contributed by atoms with Crippen LogP contribution < -0.4 is 10.6 Å². The number of nitrogens with two attached hydrogens (primary N) is 1. The van der Waals surface area contributed by atoms with E-state index in [0.717, 1.165) is 24.2 Å². The lowest BCUT2D eigenvalue weighted by molar-refractivity contribution is 0.419. The summed E-state index contributed by atoms with van der Waals surface area (Å²) < 4.78 is 4.36. The van der Waals surface area contributed by atoms with Crippen LogP contribution >= 0.6 is 11.5 Å². The average molecular weight is 273 g/mol. The van der Waals surface area contributed by atoms with E-state index in [-0.39, 0.29) is 0 Å². The summed E-state index contributed by atoms with van der Waals surface area (Å²) in [5, 5.41) is 1.22. The van der Waals surface area contributed by atoms with Crippen molar-refractivity contribution in [3.8, 4) is 11.1 Å². The van der Waals surface area contributed by atoms with Crippen LogP contribution in [0.4, 0.5) is 10.8 Å². The van der Waals surface area contributed by atoms with Crippen LogP contribution in [-0.2, 0) is 0 Å². The molecule has 0 spiro atoms. The Kier molecular flexibility index (Phi) is 2.97. The van der Waals surface area contributed by atoms with Gasteiger partial charge in [-0.2, -0.15) is 4.37 Å². The van der Waals surface area contributed by atoms with E-state index in [4.69, 9.17) is 5.73 Å². The van der Waals surface area contributed by atoms with Crippen LogP contribution in [0.2, 0.25) is 0 Å². The number of rotatable bonds is 2. The Hall–Kier alpha value is -1.55. The van der Waals surface area contributed by atoms with E-state index in [9.17, 15) is 0 Å². The van der Waals surface area contributed by atoms with Gasteiger partial charge in [-0.3, -0.25) is 0 Å². The molecule has 19 heavy (non-hydrogen) atoms. The minimum Gasteiger partial charge on any atom is -0.382 e. The molecule has 0 radical (unpaired) electrons. The van der Waals surface area contributed by atoms with Gasteiger partial charge in [0.2, 0.25) is 0 Å². The summed E-state index contributed by atoms with van der Waals surface area (Å²) in [5.74, 6) is 0.649. The molecule has 1 aromatic carbocycles. The Bertz CT molecular complexity index is 574. The highest BCUT2D eigenvalue weighted by atomic mass is 32.1. The number of nitrogen functional groups attached to an aromatic ring is 1. The predicted molar refractivity (Wildman–Crippen MR) is 82.6 cm³/mol. The van der Waals surface area contributed by atoms with E-state index in [2.05, 4.69) is 35.3 Å². The molecule has 1 aliphatic rings. The Balaban J connectivity index is 2.00. The molecule has 3 rings (SSSR count). The SMILES string of the molecule is CC1(C)CCN(c2snc(N)c2-c2ccccc2)C1. The summed E-state index contributed by atoms with van der Waals surface area (Å²) in [6.45, 7) is 6.81. The van der Waals surface area contributed by atoms with E-state index in [1.165, 1.54) is 23.0 Å². The lowest BCUT2D eigenvalue weighted by atomic mass is 9.93. The second kappa shape index (κ2) is 4.53. The van der Waals surface area contributed by atoms with Crippen molar-refractivity contribution in [2.24, 2.45) is 5.41 Å². The van der Waals surface area contributed by atoms with Gasteiger partial charge in [0.25, 0.3) is 0 Å². The van der Waals surface area contributed by atoms with Crippen molar-refractivity contribution in [2.45, 2.75) is 20.3 Å². The van der Waals surface area contributed by atoms with Gasteiger partial charge in [-0.1, -0.05) is 44.2 Å². The minimum atomic E-state index is 0.382. The number of anilines is 2.